The lowest BCUT2D eigenvalue weighted by Gasteiger charge is -2.34. The lowest BCUT2D eigenvalue weighted by atomic mass is 9.90. The van der Waals surface area contributed by atoms with Gasteiger partial charge in [-0.15, -0.1) is 0 Å². The molecule has 110 valence electrons. The molecule has 1 heterocycles. The maximum atomic E-state index is 11.9. The van der Waals surface area contributed by atoms with Gasteiger partial charge in [-0.25, -0.2) is 4.79 Å². The summed E-state index contributed by atoms with van der Waals surface area (Å²) in [6, 6.07) is -0.606. The van der Waals surface area contributed by atoms with Gasteiger partial charge < -0.3 is 20.1 Å². The van der Waals surface area contributed by atoms with Crippen LogP contribution in [0.2, 0.25) is 0 Å². The van der Waals surface area contributed by atoms with Crippen molar-refractivity contribution in [1.29, 1.82) is 0 Å². The zero-order valence-corrected chi connectivity index (χ0v) is 12.1. The van der Waals surface area contributed by atoms with Gasteiger partial charge in [-0.2, -0.15) is 0 Å². The Bertz CT molecular complexity index is 330. The predicted molar refractivity (Wildman–Crippen MR) is 70.5 cm³/mol. The zero-order valence-electron chi connectivity index (χ0n) is 12.1. The van der Waals surface area contributed by atoms with Crippen LogP contribution in [0, 0.1) is 5.92 Å². The first-order valence-corrected chi connectivity index (χ1v) is 6.56. The van der Waals surface area contributed by atoms with Crippen molar-refractivity contribution in [2.45, 2.75) is 45.3 Å². The first-order valence-electron chi connectivity index (χ1n) is 6.56. The van der Waals surface area contributed by atoms with Crippen LogP contribution in [0.1, 0.15) is 33.6 Å². The number of carbonyl (C=O) groups excluding carboxylic acids is 2. The molecule has 1 saturated heterocycles. The van der Waals surface area contributed by atoms with Crippen molar-refractivity contribution in [1.82, 2.24) is 4.90 Å². The van der Waals surface area contributed by atoms with Gasteiger partial charge in [-0.1, -0.05) is 0 Å². The fourth-order valence-electron chi connectivity index (χ4n) is 2.10. The van der Waals surface area contributed by atoms with Crippen LogP contribution < -0.4 is 5.73 Å². The van der Waals surface area contributed by atoms with Crippen LogP contribution in [0.4, 0.5) is 4.79 Å². The van der Waals surface area contributed by atoms with Gasteiger partial charge in [0.1, 0.15) is 11.6 Å². The van der Waals surface area contributed by atoms with E-state index in [0.29, 0.717) is 25.9 Å². The minimum Gasteiger partial charge on any atom is -0.468 e. The number of nitrogens with zero attached hydrogens (tertiary/aromatic N) is 1. The topological polar surface area (TPSA) is 81.9 Å². The smallest absolute Gasteiger partial charge is 0.410 e. The van der Waals surface area contributed by atoms with E-state index in [1.807, 2.05) is 20.8 Å². The van der Waals surface area contributed by atoms with Crippen molar-refractivity contribution in [2.75, 3.05) is 20.2 Å². The van der Waals surface area contributed by atoms with Gasteiger partial charge in [0.2, 0.25) is 0 Å². The fraction of sp³-hybridized carbons (Fsp3) is 0.846. The summed E-state index contributed by atoms with van der Waals surface area (Å²) in [5.74, 6) is -0.332. The third kappa shape index (κ3) is 4.70. The minimum atomic E-state index is -0.606. The third-order valence-corrected chi connectivity index (χ3v) is 3.17. The molecular formula is C13H24N2O4. The molecule has 1 aliphatic heterocycles. The Hall–Kier alpha value is -1.30. The van der Waals surface area contributed by atoms with E-state index in [1.165, 1.54) is 7.11 Å². The van der Waals surface area contributed by atoms with Crippen molar-refractivity contribution in [3.8, 4) is 0 Å². The number of esters is 1. The van der Waals surface area contributed by atoms with Crippen molar-refractivity contribution in [3.05, 3.63) is 0 Å². The lowest BCUT2D eigenvalue weighted by molar-refractivity contribution is -0.143. The number of rotatable bonds is 2. The lowest BCUT2D eigenvalue weighted by Crippen LogP contribution is -2.47. The summed E-state index contributed by atoms with van der Waals surface area (Å²) in [4.78, 5) is 24.9. The van der Waals surface area contributed by atoms with Crippen LogP contribution in [0.25, 0.3) is 0 Å². The number of piperidine rings is 1. The largest absolute Gasteiger partial charge is 0.468 e. The molecule has 0 aromatic carbocycles. The molecule has 19 heavy (non-hydrogen) atoms. The Balaban J connectivity index is 2.45. The molecule has 6 nitrogen and oxygen atoms in total. The summed E-state index contributed by atoms with van der Waals surface area (Å²) >= 11 is 0. The molecule has 1 rings (SSSR count). The Morgan fingerprint density at radius 1 is 1.26 bits per heavy atom. The Morgan fingerprint density at radius 3 is 2.21 bits per heavy atom. The molecule has 0 spiro atoms. The van der Waals surface area contributed by atoms with Crippen molar-refractivity contribution in [2.24, 2.45) is 11.7 Å². The number of likely N-dealkylation sites (tertiary alicyclic amines) is 1. The van der Waals surface area contributed by atoms with Gasteiger partial charge in [-0.05, 0) is 39.5 Å². The molecule has 0 aromatic rings. The van der Waals surface area contributed by atoms with Gasteiger partial charge in [0.05, 0.1) is 7.11 Å². The van der Waals surface area contributed by atoms with Crippen molar-refractivity contribution >= 4 is 12.1 Å². The van der Waals surface area contributed by atoms with Crippen molar-refractivity contribution in [3.63, 3.8) is 0 Å². The summed E-state index contributed by atoms with van der Waals surface area (Å²) in [5, 5.41) is 0. The highest BCUT2D eigenvalue weighted by atomic mass is 16.6. The number of hydrogen-bond acceptors (Lipinski definition) is 5. The number of ether oxygens (including phenoxy) is 2. The van der Waals surface area contributed by atoms with E-state index in [0.717, 1.165) is 0 Å². The zero-order chi connectivity index (χ0) is 14.6. The van der Waals surface area contributed by atoms with Gasteiger partial charge >= 0.3 is 12.1 Å². The minimum absolute atomic E-state index is 0.0612. The molecule has 1 amide bonds. The Morgan fingerprint density at radius 2 is 1.79 bits per heavy atom. The number of methoxy groups -OCH3 is 1. The van der Waals surface area contributed by atoms with Crippen LogP contribution in [0.3, 0.4) is 0 Å². The summed E-state index contributed by atoms with van der Waals surface area (Å²) < 4.78 is 9.94. The van der Waals surface area contributed by atoms with Crippen molar-refractivity contribution < 1.29 is 19.1 Å². The van der Waals surface area contributed by atoms with E-state index in [-0.39, 0.29) is 12.0 Å². The summed E-state index contributed by atoms with van der Waals surface area (Å²) in [6.45, 7) is 6.63. The summed E-state index contributed by atoms with van der Waals surface area (Å²) in [5.41, 5.74) is 5.33. The van der Waals surface area contributed by atoms with E-state index in [2.05, 4.69) is 4.74 Å². The predicted octanol–water partition coefficient (Wildman–Crippen LogP) is 1.13. The van der Waals surface area contributed by atoms with E-state index < -0.39 is 17.6 Å². The fourth-order valence-corrected chi connectivity index (χ4v) is 2.10. The molecule has 6 heteroatoms. The van der Waals surface area contributed by atoms with E-state index >= 15 is 0 Å². The van der Waals surface area contributed by atoms with Crippen LogP contribution in [0.15, 0.2) is 0 Å². The molecule has 0 radical (unpaired) electrons. The van der Waals surface area contributed by atoms with Gasteiger partial charge in [0, 0.05) is 13.1 Å². The summed E-state index contributed by atoms with van der Waals surface area (Å²) in [6.07, 6.45) is 1.07. The Kier molecular flexibility index (Phi) is 5.17. The summed E-state index contributed by atoms with van der Waals surface area (Å²) in [7, 11) is 1.33. The van der Waals surface area contributed by atoms with Crippen LogP contribution in [0.5, 0.6) is 0 Å². The SMILES string of the molecule is COC(=O)C(N)C1CCN(C(=O)OC(C)(C)C)CC1. The highest BCUT2D eigenvalue weighted by molar-refractivity contribution is 5.75. The molecule has 1 fully saturated rings. The highest BCUT2D eigenvalue weighted by Crippen LogP contribution is 2.22. The number of amides is 1. The highest BCUT2D eigenvalue weighted by Gasteiger charge is 2.32. The molecular weight excluding hydrogens is 248 g/mol. The van der Waals surface area contributed by atoms with Gasteiger partial charge in [0.25, 0.3) is 0 Å². The van der Waals surface area contributed by atoms with E-state index in [4.69, 9.17) is 10.5 Å². The second kappa shape index (κ2) is 6.23. The van der Waals surface area contributed by atoms with E-state index in [1.54, 1.807) is 4.90 Å². The van der Waals surface area contributed by atoms with Crippen LogP contribution in [-0.4, -0.2) is 48.8 Å². The second-order valence-electron chi connectivity index (χ2n) is 5.85. The first kappa shape index (κ1) is 15.8. The molecule has 1 atom stereocenters. The molecule has 0 saturated carbocycles. The molecule has 2 N–H and O–H groups in total. The van der Waals surface area contributed by atoms with Gasteiger partial charge in [-0.3, -0.25) is 4.79 Å². The molecule has 0 aliphatic carbocycles. The first-order chi connectivity index (χ1) is 8.74. The average Bonchev–Trinajstić information content (AvgIpc) is 2.35. The number of nitrogens with two attached hydrogens (primary N) is 1. The maximum Gasteiger partial charge on any atom is 0.410 e. The molecule has 1 unspecified atom stereocenters. The van der Waals surface area contributed by atoms with E-state index in [9.17, 15) is 9.59 Å². The number of carbonyl (C=O) groups is 2. The monoisotopic (exact) mass is 272 g/mol. The quantitative estimate of drug-likeness (QED) is 0.762. The van der Waals surface area contributed by atoms with Gasteiger partial charge in [0.15, 0.2) is 0 Å². The average molecular weight is 272 g/mol. The normalized spacial score (nSPS) is 18.9. The molecule has 0 aromatic heterocycles. The molecule has 0 bridgehead atoms. The van der Waals surface area contributed by atoms with Crippen LogP contribution in [-0.2, 0) is 14.3 Å². The second-order valence-corrected chi connectivity index (χ2v) is 5.85. The third-order valence-electron chi connectivity index (χ3n) is 3.17. The standard InChI is InChI=1S/C13H24N2O4/c1-13(2,3)19-12(17)15-7-5-9(6-8-15)10(14)11(16)18-4/h9-10H,5-8,14H2,1-4H3. The Labute approximate surface area is 114 Å². The maximum absolute atomic E-state index is 11.9. The van der Waals surface area contributed by atoms with Crippen LogP contribution >= 0.6 is 0 Å². The number of hydrogen-bond donors (Lipinski definition) is 1. The molecule has 1 aliphatic rings.